The Morgan fingerprint density at radius 2 is 2.14 bits per heavy atom. The van der Waals surface area contributed by atoms with Gasteiger partial charge in [0.05, 0.1) is 0 Å². The molecule has 6 heteroatoms. The number of nitrogens with zero attached hydrogens (tertiary/aromatic N) is 1. The van der Waals surface area contributed by atoms with Crippen LogP contribution in [0.5, 0.6) is 5.75 Å². The van der Waals surface area contributed by atoms with Crippen LogP contribution in [-0.4, -0.2) is 24.1 Å². The molecule has 0 saturated heterocycles. The fourth-order valence-corrected chi connectivity index (χ4v) is 1.97. The Kier molecular flexibility index (Phi) is 4.67. The zero-order valence-electron chi connectivity index (χ0n) is 11.4. The normalized spacial score (nSPS) is 12.8. The lowest BCUT2D eigenvalue weighted by molar-refractivity contribution is -0.274. The van der Waals surface area contributed by atoms with E-state index in [1.807, 2.05) is 19.1 Å². The van der Waals surface area contributed by atoms with Gasteiger partial charge in [0.2, 0.25) is 0 Å². The number of halogens is 3. The highest BCUT2D eigenvalue weighted by atomic mass is 19.4. The number of rotatable bonds is 5. The number of allylic oxidation sites excluding steroid dienone is 2. The predicted octanol–water partition coefficient (Wildman–Crippen LogP) is 4.26. The average molecular weight is 296 g/mol. The standard InChI is InChI=1S/C15H15F3N2O/c1-2-3-7-19-8-6-11-10-20-14-5-4-12(9-13(11)14)21-15(16,17)18/h2-5,7,9-10,20H,6,8H2,1H3/b3-2-,19-7?. The highest BCUT2D eigenvalue weighted by Gasteiger charge is 2.31. The van der Waals surface area contributed by atoms with Crippen molar-refractivity contribution in [2.24, 2.45) is 4.99 Å². The molecule has 2 aromatic rings. The van der Waals surface area contributed by atoms with Crippen LogP contribution in [0.15, 0.2) is 41.5 Å². The number of ether oxygens (including phenoxy) is 1. The van der Waals surface area contributed by atoms with Crippen molar-refractivity contribution in [3.8, 4) is 5.75 Å². The molecule has 0 aliphatic rings. The number of fused-ring (bicyclic) bond motifs is 1. The third kappa shape index (κ3) is 4.37. The molecular weight excluding hydrogens is 281 g/mol. The van der Waals surface area contributed by atoms with Gasteiger partial charge in [0.1, 0.15) is 5.75 Å². The molecule has 0 atom stereocenters. The average Bonchev–Trinajstić information content (AvgIpc) is 2.79. The first kappa shape index (κ1) is 15.2. The van der Waals surface area contributed by atoms with E-state index in [0.717, 1.165) is 16.5 Å². The van der Waals surface area contributed by atoms with Gasteiger partial charge in [0, 0.05) is 29.9 Å². The maximum absolute atomic E-state index is 12.2. The molecule has 0 amide bonds. The monoisotopic (exact) mass is 296 g/mol. The minimum Gasteiger partial charge on any atom is -0.406 e. The van der Waals surface area contributed by atoms with Gasteiger partial charge < -0.3 is 9.72 Å². The van der Waals surface area contributed by atoms with Crippen molar-refractivity contribution in [3.05, 3.63) is 42.1 Å². The zero-order valence-corrected chi connectivity index (χ0v) is 11.4. The molecule has 0 unspecified atom stereocenters. The van der Waals surface area contributed by atoms with Crippen molar-refractivity contribution in [2.45, 2.75) is 19.7 Å². The maximum atomic E-state index is 12.2. The molecule has 0 radical (unpaired) electrons. The van der Waals surface area contributed by atoms with Gasteiger partial charge in [-0.3, -0.25) is 4.99 Å². The minimum atomic E-state index is -4.68. The Morgan fingerprint density at radius 1 is 1.33 bits per heavy atom. The van der Waals surface area contributed by atoms with E-state index >= 15 is 0 Å². The Bertz CT molecular complexity index is 656. The number of benzene rings is 1. The van der Waals surface area contributed by atoms with Crippen LogP contribution in [0.2, 0.25) is 0 Å². The van der Waals surface area contributed by atoms with Crippen LogP contribution in [0.25, 0.3) is 10.9 Å². The number of aromatic amines is 1. The first-order valence-electron chi connectivity index (χ1n) is 6.46. The fourth-order valence-electron chi connectivity index (χ4n) is 1.97. The number of hydrogen-bond donors (Lipinski definition) is 1. The smallest absolute Gasteiger partial charge is 0.406 e. The molecule has 0 aliphatic heterocycles. The van der Waals surface area contributed by atoms with Crippen molar-refractivity contribution in [1.29, 1.82) is 0 Å². The molecule has 0 saturated carbocycles. The summed E-state index contributed by atoms with van der Waals surface area (Å²) in [5.41, 5.74) is 1.69. The number of nitrogens with one attached hydrogen (secondary N) is 1. The van der Waals surface area contributed by atoms with E-state index < -0.39 is 6.36 Å². The lowest BCUT2D eigenvalue weighted by Gasteiger charge is -2.08. The summed E-state index contributed by atoms with van der Waals surface area (Å²) in [5.74, 6) is -0.215. The van der Waals surface area contributed by atoms with Gasteiger partial charge in [-0.05, 0) is 43.2 Å². The first-order chi connectivity index (χ1) is 9.99. The molecule has 0 fully saturated rings. The first-order valence-corrected chi connectivity index (χ1v) is 6.46. The Morgan fingerprint density at radius 3 is 2.86 bits per heavy atom. The van der Waals surface area contributed by atoms with Gasteiger partial charge in [0.25, 0.3) is 0 Å². The Hall–Kier alpha value is -2.24. The maximum Gasteiger partial charge on any atom is 0.573 e. The predicted molar refractivity (Wildman–Crippen MR) is 76.9 cm³/mol. The summed E-state index contributed by atoms with van der Waals surface area (Å²) in [5, 5.41) is 0.720. The summed E-state index contributed by atoms with van der Waals surface area (Å²) in [4.78, 5) is 7.22. The fraction of sp³-hybridized carbons (Fsp3) is 0.267. The van der Waals surface area contributed by atoms with E-state index in [1.54, 1.807) is 18.5 Å². The molecule has 0 bridgehead atoms. The number of H-pyrrole nitrogens is 1. The Balaban J connectivity index is 2.15. The molecular formula is C15H15F3N2O. The van der Waals surface area contributed by atoms with Crippen LogP contribution < -0.4 is 4.74 Å². The van der Waals surface area contributed by atoms with E-state index in [1.165, 1.54) is 12.1 Å². The third-order valence-corrected chi connectivity index (χ3v) is 2.87. The lowest BCUT2D eigenvalue weighted by Crippen LogP contribution is -2.16. The second-order valence-electron chi connectivity index (χ2n) is 4.40. The SMILES string of the molecule is C/C=C\C=NCCc1c[nH]c2ccc(OC(F)(F)F)cc12. The molecule has 0 spiro atoms. The van der Waals surface area contributed by atoms with Crippen LogP contribution in [0.4, 0.5) is 13.2 Å². The summed E-state index contributed by atoms with van der Waals surface area (Å²) >= 11 is 0. The number of aliphatic imine (C=N–C) groups is 1. The lowest BCUT2D eigenvalue weighted by atomic mass is 10.1. The summed E-state index contributed by atoms with van der Waals surface area (Å²) in [6, 6.07) is 4.26. The van der Waals surface area contributed by atoms with Gasteiger partial charge in [-0.25, -0.2) is 0 Å². The van der Waals surface area contributed by atoms with Gasteiger partial charge in [-0.15, -0.1) is 13.2 Å². The number of alkyl halides is 3. The van der Waals surface area contributed by atoms with Crippen LogP contribution in [0, 0.1) is 0 Å². The van der Waals surface area contributed by atoms with E-state index in [0.29, 0.717) is 13.0 Å². The molecule has 112 valence electrons. The number of aromatic nitrogens is 1. The highest BCUT2D eigenvalue weighted by Crippen LogP contribution is 2.28. The summed E-state index contributed by atoms with van der Waals surface area (Å²) < 4.78 is 40.6. The second-order valence-corrected chi connectivity index (χ2v) is 4.40. The minimum absolute atomic E-state index is 0.215. The summed E-state index contributed by atoms with van der Waals surface area (Å²) in [7, 11) is 0. The van der Waals surface area contributed by atoms with E-state index in [9.17, 15) is 13.2 Å². The molecule has 1 aromatic heterocycles. The van der Waals surface area contributed by atoms with Crippen molar-refractivity contribution < 1.29 is 17.9 Å². The molecule has 1 heterocycles. The number of hydrogen-bond acceptors (Lipinski definition) is 2. The van der Waals surface area contributed by atoms with E-state index in [4.69, 9.17) is 0 Å². The molecule has 0 aliphatic carbocycles. The van der Waals surface area contributed by atoms with Crippen LogP contribution in [0.3, 0.4) is 0 Å². The van der Waals surface area contributed by atoms with Gasteiger partial charge in [0.15, 0.2) is 0 Å². The van der Waals surface area contributed by atoms with Crippen molar-refractivity contribution >= 4 is 17.1 Å². The molecule has 21 heavy (non-hydrogen) atoms. The van der Waals surface area contributed by atoms with Gasteiger partial charge in [-0.2, -0.15) is 0 Å². The van der Waals surface area contributed by atoms with Crippen molar-refractivity contribution in [2.75, 3.05) is 6.54 Å². The zero-order chi connectivity index (χ0) is 15.3. The molecule has 2 rings (SSSR count). The van der Waals surface area contributed by atoms with Gasteiger partial charge in [-0.1, -0.05) is 6.08 Å². The van der Waals surface area contributed by atoms with E-state index in [-0.39, 0.29) is 5.75 Å². The topological polar surface area (TPSA) is 37.4 Å². The quantitative estimate of drug-likeness (QED) is 0.823. The molecule has 1 aromatic carbocycles. The van der Waals surface area contributed by atoms with Gasteiger partial charge >= 0.3 is 6.36 Å². The highest BCUT2D eigenvalue weighted by molar-refractivity contribution is 5.84. The second kappa shape index (κ2) is 6.47. The van der Waals surface area contributed by atoms with Crippen LogP contribution in [-0.2, 0) is 6.42 Å². The van der Waals surface area contributed by atoms with Crippen LogP contribution in [0.1, 0.15) is 12.5 Å². The van der Waals surface area contributed by atoms with Crippen molar-refractivity contribution in [3.63, 3.8) is 0 Å². The molecule has 3 nitrogen and oxygen atoms in total. The molecule has 1 N–H and O–H groups in total. The van der Waals surface area contributed by atoms with Crippen LogP contribution >= 0.6 is 0 Å². The van der Waals surface area contributed by atoms with Crippen molar-refractivity contribution in [1.82, 2.24) is 4.98 Å². The van der Waals surface area contributed by atoms with E-state index in [2.05, 4.69) is 14.7 Å². The largest absolute Gasteiger partial charge is 0.573 e. The Labute approximate surface area is 120 Å². The summed E-state index contributed by atoms with van der Waals surface area (Å²) in [6.07, 6.45) is 3.14. The third-order valence-electron chi connectivity index (χ3n) is 2.87. The summed E-state index contributed by atoms with van der Waals surface area (Å²) in [6.45, 7) is 2.47.